The number of nitrogens with zero attached hydrogens (tertiary/aromatic N) is 1. The predicted octanol–water partition coefficient (Wildman–Crippen LogP) is 3.98. The second-order valence-electron chi connectivity index (χ2n) is 7.57. The summed E-state index contributed by atoms with van der Waals surface area (Å²) in [6, 6.07) is 4.35. The van der Waals surface area contributed by atoms with Gasteiger partial charge in [0, 0.05) is 35.7 Å². The van der Waals surface area contributed by atoms with E-state index in [1.54, 1.807) is 0 Å². The largest absolute Gasteiger partial charge is 0.478 e. The lowest BCUT2D eigenvalue weighted by Gasteiger charge is -2.29. The molecule has 1 aromatic heterocycles. The van der Waals surface area contributed by atoms with Crippen LogP contribution in [-0.4, -0.2) is 33.4 Å². The van der Waals surface area contributed by atoms with E-state index < -0.39 is 11.9 Å². The molecule has 150 valence electrons. The number of fused-ring (bicyclic) bond motifs is 2. The molecule has 0 spiro atoms. The zero-order valence-corrected chi connectivity index (χ0v) is 16.4. The van der Waals surface area contributed by atoms with E-state index >= 15 is 0 Å². The van der Waals surface area contributed by atoms with Crippen molar-refractivity contribution in [3.05, 3.63) is 64.5 Å². The third-order valence-electron chi connectivity index (χ3n) is 5.58. The lowest BCUT2D eigenvalue weighted by molar-refractivity contribution is -0.134. The van der Waals surface area contributed by atoms with Gasteiger partial charge in [-0.3, -0.25) is 9.78 Å². The minimum atomic E-state index is -1.26. The average molecular weight is 393 g/mol. The number of carbonyl (C=O) groups is 3. The highest BCUT2D eigenvalue weighted by Gasteiger charge is 2.27. The molecule has 29 heavy (non-hydrogen) atoms. The van der Waals surface area contributed by atoms with Crippen LogP contribution in [0.4, 0.5) is 0 Å². The summed E-state index contributed by atoms with van der Waals surface area (Å²) in [6.45, 7) is 4.46. The lowest BCUT2D eigenvalue weighted by atomic mass is 9.76. The monoisotopic (exact) mass is 393 g/mol. The van der Waals surface area contributed by atoms with Crippen LogP contribution in [0, 0.1) is 0 Å². The van der Waals surface area contributed by atoms with Gasteiger partial charge in [-0.05, 0) is 65.0 Å². The molecule has 4 rings (SSSR count). The maximum Gasteiger partial charge on any atom is 0.328 e. The standard InChI is InChI=1S/C19H19NO.C4H4O4/c1-11-3-4-13-6-14(7-15(10-21)19(11)13)18-9-20-8-17-12(2)5-16(17)18;5-3(6)1-2-4(7)8/h6-12H,3-5H2,1-2H3;1-2H,(H,5,6)(H,7,8)/b;2-1+/t11-,12-;/m1./s1. The van der Waals surface area contributed by atoms with E-state index in [2.05, 4.69) is 31.0 Å². The third-order valence-corrected chi connectivity index (χ3v) is 5.58. The van der Waals surface area contributed by atoms with Crippen molar-refractivity contribution in [3.63, 3.8) is 0 Å². The van der Waals surface area contributed by atoms with Crippen molar-refractivity contribution in [2.24, 2.45) is 0 Å². The molecular weight excluding hydrogens is 370 g/mol. The van der Waals surface area contributed by atoms with Crippen molar-refractivity contribution in [1.82, 2.24) is 4.98 Å². The third kappa shape index (κ3) is 4.26. The first-order valence-corrected chi connectivity index (χ1v) is 9.54. The van der Waals surface area contributed by atoms with Gasteiger partial charge in [-0.25, -0.2) is 9.59 Å². The van der Waals surface area contributed by atoms with Crippen LogP contribution < -0.4 is 0 Å². The van der Waals surface area contributed by atoms with E-state index in [-0.39, 0.29) is 0 Å². The normalized spacial score (nSPS) is 18.8. The first-order valence-electron chi connectivity index (χ1n) is 9.54. The molecular formula is C23H23NO5. The van der Waals surface area contributed by atoms with Crippen LogP contribution in [-0.2, 0) is 22.4 Å². The Kier molecular flexibility index (Phi) is 5.92. The van der Waals surface area contributed by atoms with Gasteiger partial charge in [0.1, 0.15) is 6.29 Å². The number of aldehydes is 1. The summed E-state index contributed by atoms with van der Waals surface area (Å²) in [5.74, 6) is -1.39. The first kappa shape index (κ1) is 20.5. The molecule has 6 heteroatoms. The molecule has 1 aromatic carbocycles. The maximum absolute atomic E-state index is 11.5. The van der Waals surface area contributed by atoms with Gasteiger partial charge in [-0.15, -0.1) is 0 Å². The number of aromatic nitrogens is 1. The molecule has 2 aromatic rings. The van der Waals surface area contributed by atoms with Crippen LogP contribution in [0.1, 0.15) is 64.7 Å². The second-order valence-corrected chi connectivity index (χ2v) is 7.57. The van der Waals surface area contributed by atoms with Gasteiger partial charge in [0.2, 0.25) is 0 Å². The van der Waals surface area contributed by atoms with Gasteiger partial charge < -0.3 is 10.2 Å². The van der Waals surface area contributed by atoms with Crippen LogP contribution in [0.2, 0.25) is 0 Å². The molecule has 0 saturated heterocycles. The number of hydrogen-bond acceptors (Lipinski definition) is 4. The van der Waals surface area contributed by atoms with Crippen molar-refractivity contribution in [2.45, 2.75) is 44.9 Å². The van der Waals surface area contributed by atoms with Crippen LogP contribution in [0.3, 0.4) is 0 Å². The quantitative estimate of drug-likeness (QED) is 0.601. The smallest absolute Gasteiger partial charge is 0.328 e. The fourth-order valence-electron chi connectivity index (χ4n) is 4.15. The number of benzene rings is 1. The minimum absolute atomic E-state index is 0.506. The average Bonchev–Trinajstić information content (AvgIpc) is 3.06. The summed E-state index contributed by atoms with van der Waals surface area (Å²) in [7, 11) is 0. The Balaban J connectivity index is 0.000000258. The fourth-order valence-corrected chi connectivity index (χ4v) is 4.15. The number of hydrogen-bond donors (Lipinski definition) is 2. The Morgan fingerprint density at radius 1 is 1.07 bits per heavy atom. The van der Waals surface area contributed by atoms with Crippen molar-refractivity contribution in [2.75, 3.05) is 0 Å². The molecule has 0 amide bonds. The molecule has 0 saturated carbocycles. The van der Waals surface area contributed by atoms with E-state index in [1.807, 2.05) is 12.4 Å². The van der Waals surface area contributed by atoms with Crippen molar-refractivity contribution >= 4 is 18.2 Å². The molecule has 2 aliphatic carbocycles. The summed E-state index contributed by atoms with van der Waals surface area (Å²) in [6.07, 6.45) is 9.45. The van der Waals surface area contributed by atoms with Gasteiger partial charge >= 0.3 is 11.9 Å². The number of rotatable bonds is 4. The molecule has 6 nitrogen and oxygen atoms in total. The molecule has 0 radical (unpaired) electrons. The number of carbonyl (C=O) groups excluding carboxylic acids is 1. The zero-order chi connectivity index (χ0) is 21.1. The first-order chi connectivity index (χ1) is 13.8. The van der Waals surface area contributed by atoms with Crippen molar-refractivity contribution < 1.29 is 24.6 Å². The Morgan fingerprint density at radius 3 is 2.34 bits per heavy atom. The Hall–Kier alpha value is -3.28. The van der Waals surface area contributed by atoms with E-state index in [9.17, 15) is 14.4 Å². The summed E-state index contributed by atoms with van der Waals surface area (Å²) in [4.78, 5) is 35.0. The summed E-state index contributed by atoms with van der Waals surface area (Å²) in [5, 5.41) is 15.6. The lowest BCUT2D eigenvalue weighted by Crippen LogP contribution is -2.16. The Morgan fingerprint density at radius 2 is 1.76 bits per heavy atom. The van der Waals surface area contributed by atoms with Gasteiger partial charge in [0.05, 0.1) is 0 Å². The van der Waals surface area contributed by atoms with Gasteiger partial charge in [0.15, 0.2) is 0 Å². The minimum Gasteiger partial charge on any atom is -0.478 e. The highest BCUT2D eigenvalue weighted by Crippen LogP contribution is 2.43. The van der Waals surface area contributed by atoms with Crippen molar-refractivity contribution in [1.29, 1.82) is 0 Å². The molecule has 2 N–H and O–H groups in total. The maximum atomic E-state index is 11.5. The zero-order valence-electron chi connectivity index (χ0n) is 16.4. The molecule has 0 aliphatic heterocycles. The Labute approximate surface area is 168 Å². The summed E-state index contributed by atoms with van der Waals surface area (Å²) >= 11 is 0. The number of carboxylic acid groups (broad SMARTS) is 2. The van der Waals surface area contributed by atoms with Crippen LogP contribution in [0.25, 0.3) is 11.1 Å². The molecule has 2 atom stereocenters. The van der Waals surface area contributed by atoms with Crippen molar-refractivity contribution in [3.8, 4) is 11.1 Å². The van der Waals surface area contributed by atoms with E-state index in [0.717, 1.165) is 31.1 Å². The molecule has 0 bridgehead atoms. The summed E-state index contributed by atoms with van der Waals surface area (Å²) < 4.78 is 0. The second kappa shape index (κ2) is 8.39. The highest BCUT2D eigenvalue weighted by molar-refractivity contribution is 5.89. The van der Waals surface area contributed by atoms with Gasteiger partial charge in [-0.2, -0.15) is 0 Å². The highest BCUT2D eigenvalue weighted by atomic mass is 16.4. The molecule has 0 unspecified atom stereocenters. The fraction of sp³-hybridized carbons (Fsp3) is 0.304. The molecule has 1 heterocycles. The number of aliphatic carboxylic acids is 2. The molecule has 0 fully saturated rings. The topological polar surface area (TPSA) is 105 Å². The van der Waals surface area contributed by atoms with Gasteiger partial charge in [-0.1, -0.05) is 19.9 Å². The number of pyridine rings is 1. The van der Waals surface area contributed by atoms with E-state index in [0.29, 0.717) is 24.0 Å². The number of aryl methyl sites for hydroxylation is 1. The van der Waals surface area contributed by atoms with Crippen LogP contribution in [0.5, 0.6) is 0 Å². The Bertz CT molecular complexity index is 993. The number of carboxylic acids is 2. The van der Waals surface area contributed by atoms with Gasteiger partial charge in [0.25, 0.3) is 0 Å². The van der Waals surface area contributed by atoms with E-state index in [1.165, 1.54) is 33.4 Å². The van der Waals surface area contributed by atoms with E-state index in [4.69, 9.17) is 10.2 Å². The SMILES string of the molecule is C[C@@H]1Cc2c(-c3cc(C=O)c4c(c3)CC[C@H]4C)cncc21.O=C(O)/C=C/C(=O)O. The van der Waals surface area contributed by atoms with Crippen LogP contribution >= 0.6 is 0 Å². The predicted molar refractivity (Wildman–Crippen MR) is 108 cm³/mol. The molecule has 2 aliphatic rings. The summed E-state index contributed by atoms with van der Waals surface area (Å²) in [5.41, 5.74) is 8.67. The van der Waals surface area contributed by atoms with Crippen LogP contribution in [0.15, 0.2) is 36.7 Å².